The molecule has 1 unspecified atom stereocenters. The van der Waals surface area contributed by atoms with E-state index in [2.05, 4.69) is 6.92 Å². The Morgan fingerprint density at radius 2 is 2.00 bits per heavy atom. The lowest BCUT2D eigenvalue weighted by atomic mass is 9.62. The topological polar surface area (TPSA) is 35.2 Å². The summed E-state index contributed by atoms with van der Waals surface area (Å²) in [6.07, 6.45) is 6.38. The standard InChI is InChI=1S/C9H17NO/c1-7-6-8-2-4-9(7,11-10)5-3-8/h7-8H,2-6,10H2,1H3. The second kappa shape index (κ2) is 2.46. The van der Waals surface area contributed by atoms with Crippen molar-refractivity contribution in [2.75, 3.05) is 0 Å². The molecule has 64 valence electrons. The van der Waals surface area contributed by atoms with Crippen molar-refractivity contribution in [2.24, 2.45) is 17.7 Å². The van der Waals surface area contributed by atoms with E-state index >= 15 is 0 Å². The molecular formula is C9H17NO. The molecule has 2 bridgehead atoms. The highest BCUT2D eigenvalue weighted by atomic mass is 16.6. The van der Waals surface area contributed by atoms with Gasteiger partial charge in [0.15, 0.2) is 0 Å². The molecule has 0 heterocycles. The molecule has 0 spiro atoms. The van der Waals surface area contributed by atoms with Crippen molar-refractivity contribution in [1.29, 1.82) is 0 Å². The van der Waals surface area contributed by atoms with Crippen LogP contribution in [0.25, 0.3) is 0 Å². The van der Waals surface area contributed by atoms with E-state index in [4.69, 9.17) is 10.7 Å². The molecule has 0 aromatic carbocycles. The van der Waals surface area contributed by atoms with Crippen LogP contribution >= 0.6 is 0 Å². The summed E-state index contributed by atoms with van der Waals surface area (Å²) in [4.78, 5) is 5.18. The number of nitrogens with two attached hydrogens (primary N) is 1. The van der Waals surface area contributed by atoms with E-state index in [0.717, 1.165) is 5.92 Å². The molecule has 3 rings (SSSR count). The van der Waals surface area contributed by atoms with Gasteiger partial charge in [0, 0.05) is 0 Å². The molecule has 0 aromatic rings. The first-order chi connectivity index (χ1) is 5.27. The van der Waals surface area contributed by atoms with Crippen LogP contribution in [0.3, 0.4) is 0 Å². The van der Waals surface area contributed by atoms with E-state index in [9.17, 15) is 0 Å². The van der Waals surface area contributed by atoms with Gasteiger partial charge >= 0.3 is 0 Å². The van der Waals surface area contributed by atoms with Gasteiger partial charge in [-0.3, -0.25) is 4.84 Å². The van der Waals surface area contributed by atoms with E-state index in [-0.39, 0.29) is 5.60 Å². The van der Waals surface area contributed by atoms with E-state index in [1.807, 2.05) is 0 Å². The third kappa shape index (κ3) is 1.00. The lowest BCUT2D eigenvalue weighted by Gasteiger charge is -2.49. The van der Waals surface area contributed by atoms with Crippen molar-refractivity contribution in [2.45, 2.75) is 44.6 Å². The Hall–Kier alpha value is -0.0800. The maximum absolute atomic E-state index is 5.36. The summed E-state index contributed by atoms with van der Waals surface area (Å²) in [6, 6.07) is 0. The zero-order valence-electron chi connectivity index (χ0n) is 7.18. The van der Waals surface area contributed by atoms with E-state index < -0.39 is 0 Å². The van der Waals surface area contributed by atoms with Crippen molar-refractivity contribution >= 4 is 0 Å². The third-order valence-corrected chi connectivity index (χ3v) is 3.77. The molecule has 3 aliphatic carbocycles. The van der Waals surface area contributed by atoms with Crippen LogP contribution in [-0.4, -0.2) is 5.60 Å². The molecule has 0 radical (unpaired) electrons. The number of rotatable bonds is 1. The summed E-state index contributed by atoms with van der Waals surface area (Å²) in [7, 11) is 0. The van der Waals surface area contributed by atoms with Crippen LogP contribution in [0, 0.1) is 11.8 Å². The van der Waals surface area contributed by atoms with E-state index in [0.29, 0.717) is 5.92 Å². The first-order valence-corrected chi connectivity index (χ1v) is 4.65. The van der Waals surface area contributed by atoms with Gasteiger partial charge in [-0.1, -0.05) is 6.92 Å². The first kappa shape index (κ1) is 7.56. The summed E-state index contributed by atoms with van der Waals surface area (Å²) >= 11 is 0. The summed E-state index contributed by atoms with van der Waals surface area (Å²) in [5, 5.41) is 0. The maximum Gasteiger partial charge on any atom is 0.0919 e. The first-order valence-electron chi connectivity index (χ1n) is 4.65. The van der Waals surface area contributed by atoms with Gasteiger partial charge in [-0.25, -0.2) is 5.90 Å². The minimum atomic E-state index is 0.0642. The summed E-state index contributed by atoms with van der Waals surface area (Å²) in [5.41, 5.74) is 0.0642. The van der Waals surface area contributed by atoms with Crippen LogP contribution in [-0.2, 0) is 4.84 Å². The second-order valence-corrected chi connectivity index (χ2v) is 4.26. The number of hydrogen-bond donors (Lipinski definition) is 1. The summed E-state index contributed by atoms with van der Waals surface area (Å²) in [5.74, 6) is 7.02. The van der Waals surface area contributed by atoms with Crippen molar-refractivity contribution in [3.63, 3.8) is 0 Å². The van der Waals surface area contributed by atoms with Crippen LogP contribution in [0.2, 0.25) is 0 Å². The number of hydrogen-bond acceptors (Lipinski definition) is 2. The van der Waals surface area contributed by atoms with Gasteiger partial charge in [-0.15, -0.1) is 0 Å². The van der Waals surface area contributed by atoms with Crippen molar-refractivity contribution < 1.29 is 4.84 Å². The normalized spacial score (nSPS) is 49.6. The maximum atomic E-state index is 5.36. The average Bonchev–Trinajstić information content (AvgIpc) is 2.07. The fraction of sp³-hybridized carbons (Fsp3) is 1.00. The fourth-order valence-electron chi connectivity index (χ4n) is 2.84. The molecule has 2 nitrogen and oxygen atoms in total. The van der Waals surface area contributed by atoms with Crippen LogP contribution in [0.15, 0.2) is 0 Å². The molecule has 2 N–H and O–H groups in total. The molecule has 1 atom stereocenters. The SMILES string of the molecule is CC1CC2CCC1(ON)CC2. The molecule has 0 amide bonds. The molecule has 11 heavy (non-hydrogen) atoms. The predicted octanol–water partition coefficient (Wildman–Crippen LogP) is 1.85. The fourth-order valence-corrected chi connectivity index (χ4v) is 2.84. The van der Waals surface area contributed by atoms with Crippen LogP contribution in [0.1, 0.15) is 39.0 Å². The molecule has 3 aliphatic rings. The molecular weight excluding hydrogens is 138 g/mol. The zero-order chi connectivity index (χ0) is 7.90. The van der Waals surface area contributed by atoms with E-state index in [1.165, 1.54) is 32.1 Å². The van der Waals surface area contributed by atoms with Crippen molar-refractivity contribution in [3.8, 4) is 0 Å². The van der Waals surface area contributed by atoms with Gasteiger partial charge in [-0.2, -0.15) is 0 Å². The molecule has 2 heteroatoms. The Balaban J connectivity index is 2.16. The summed E-state index contributed by atoms with van der Waals surface area (Å²) < 4.78 is 0. The lowest BCUT2D eigenvalue weighted by molar-refractivity contribution is -0.147. The highest BCUT2D eigenvalue weighted by Gasteiger charge is 2.46. The van der Waals surface area contributed by atoms with Gasteiger partial charge in [0.2, 0.25) is 0 Å². The second-order valence-electron chi connectivity index (χ2n) is 4.26. The lowest BCUT2D eigenvalue weighted by Crippen LogP contribution is -2.50. The zero-order valence-corrected chi connectivity index (χ0v) is 7.18. The minimum absolute atomic E-state index is 0.0642. The van der Waals surface area contributed by atoms with Crippen LogP contribution < -0.4 is 5.90 Å². The van der Waals surface area contributed by atoms with Gasteiger partial charge in [0.25, 0.3) is 0 Å². The van der Waals surface area contributed by atoms with Gasteiger partial charge in [0.1, 0.15) is 0 Å². The number of fused-ring (bicyclic) bond motifs is 3. The predicted molar refractivity (Wildman–Crippen MR) is 43.7 cm³/mol. The molecule has 0 aromatic heterocycles. The largest absolute Gasteiger partial charge is 0.298 e. The smallest absolute Gasteiger partial charge is 0.0919 e. The highest BCUT2D eigenvalue weighted by Crippen LogP contribution is 2.48. The summed E-state index contributed by atoms with van der Waals surface area (Å²) in [6.45, 7) is 2.28. The Morgan fingerprint density at radius 1 is 1.36 bits per heavy atom. The molecule has 0 aliphatic heterocycles. The van der Waals surface area contributed by atoms with Crippen LogP contribution in [0.4, 0.5) is 0 Å². The highest BCUT2D eigenvalue weighted by molar-refractivity contribution is 4.97. The Kier molecular flexibility index (Phi) is 1.69. The average molecular weight is 155 g/mol. The Morgan fingerprint density at radius 3 is 2.36 bits per heavy atom. The van der Waals surface area contributed by atoms with Gasteiger partial charge in [0.05, 0.1) is 5.60 Å². The van der Waals surface area contributed by atoms with Gasteiger partial charge < -0.3 is 0 Å². The van der Waals surface area contributed by atoms with Crippen molar-refractivity contribution in [3.05, 3.63) is 0 Å². The van der Waals surface area contributed by atoms with Gasteiger partial charge in [-0.05, 0) is 43.9 Å². The molecule has 3 saturated carbocycles. The monoisotopic (exact) mass is 155 g/mol. The third-order valence-electron chi connectivity index (χ3n) is 3.77. The molecule has 0 saturated heterocycles. The minimum Gasteiger partial charge on any atom is -0.298 e. The van der Waals surface area contributed by atoms with Crippen molar-refractivity contribution in [1.82, 2.24) is 0 Å². The van der Waals surface area contributed by atoms with E-state index in [1.54, 1.807) is 0 Å². The Labute approximate surface area is 68.1 Å². The quantitative estimate of drug-likeness (QED) is 0.586. The van der Waals surface area contributed by atoms with Crippen LogP contribution in [0.5, 0.6) is 0 Å². The Bertz CT molecular complexity index is 150. The molecule has 3 fully saturated rings.